The van der Waals surface area contributed by atoms with Gasteiger partial charge in [-0.05, 0) is 18.8 Å². The van der Waals surface area contributed by atoms with Gasteiger partial charge in [0.05, 0.1) is 5.92 Å². The highest BCUT2D eigenvalue weighted by Crippen LogP contribution is 2.33. The van der Waals surface area contributed by atoms with Crippen LogP contribution in [0.5, 0.6) is 0 Å². The number of halogens is 3. The van der Waals surface area contributed by atoms with Crippen molar-refractivity contribution in [3.8, 4) is 0 Å². The van der Waals surface area contributed by atoms with Crippen molar-refractivity contribution in [2.75, 3.05) is 0 Å². The van der Waals surface area contributed by atoms with E-state index in [1.807, 2.05) is 13.8 Å². The van der Waals surface area contributed by atoms with E-state index in [1.54, 1.807) is 6.92 Å². The summed E-state index contributed by atoms with van der Waals surface area (Å²) >= 11 is 0. The molecule has 0 aromatic rings. The van der Waals surface area contributed by atoms with Crippen LogP contribution in [0, 0.1) is 11.8 Å². The molecule has 0 aromatic carbocycles. The van der Waals surface area contributed by atoms with Crippen LogP contribution in [0.15, 0.2) is 0 Å². The number of hydrogen-bond acceptors (Lipinski definition) is 0. The van der Waals surface area contributed by atoms with E-state index < -0.39 is 12.1 Å². The fourth-order valence-corrected chi connectivity index (χ4v) is 1.29. The Morgan fingerprint density at radius 1 is 1.00 bits per heavy atom. The van der Waals surface area contributed by atoms with Gasteiger partial charge in [-0.15, -0.1) is 0 Å². The highest BCUT2D eigenvalue weighted by atomic mass is 19.4. The summed E-state index contributed by atoms with van der Waals surface area (Å²) in [7, 11) is 0. The smallest absolute Gasteiger partial charge is 0.171 e. The van der Waals surface area contributed by atoms with E-state index in [1.165, 1.54) is 0 Å². The Kier molecular flexibility index (Phi) is 5.42. The van der Waals surface area contributed by atoms with Crippen molar-refractivity contribution in [1.29, 1.82) is 0 Å². The quantitative estimate of drug-likeness (QED) is 0.611. The number of alkyl halides is 3. The van der Waals surface area contributed by atoms with Crippen LogP contribution in [0.4, 0.5) is 13.2 Å². The topological polar surface area (TPSA) is 0 Å². The monoisotopic (exact) mass is 196 g/mol. The summed E-state index contributed by atoms with van der Waals surface area (Å²) in [4.78, 5) is 0. The van der Waals surface area contributed by atoms with Crippen LogP contribution in [0.1, 0.15) is 46.5 Å². The van der Waals surface area contributed by atoms with Crippen LogP contribution in [-0.4, -0.2) is 6.18 Å². The van der Waals surface area contributed by atoms with Crippen molar-refractivity contribution in [1.82, 2.24) is 0 Å². The molecule has 0 aliphatic rings. The molecule has 0 spiro atoms. The Hall–Kier alpha value is -0.210. The molecule has 0 bridgehead atoms. The van der Waals surface area contributed by atoms with Crippen molar-refractivity contribution in [3.05, 3.63) is 0 Å². The molecule has 0 aliphatic heterocycles. The first-order valence-electron chi connectivity index (χ1n) is 4.98. The van der Waals surface area contributed by atoms with Crippen LogP contribution in [-0.2, 0) is 0 Å². The summed E-state index contributed by atoms with van der Waals surface area (Å²) in [6.07, 6.45) is -1.85. The summed E-state index contributed by atoms with van der Waals surface area (Å²) in [6, 6.07) is 0. The van der Waals surface area contributed by atoms with Crippen molar-refractivity contribution in [2.45, 2.75) is 52.6 Å². The molecule has 0 rings (SSSR count). The molecule has 0 aromatic heterocycles. The lowest BCUT2D eigenvalue weighted by atomic mass is 9.93. The minimum Gasteiger partial charge on any atom is -0.171 e. The Morgan fingerprint density at radius 3 is 1.85 bits per heavy atom. The first kappa shape index (κ1) is 12.8. The van der Waals surface area contributed by atoms with Gasteiger partial charge in [-0.2, -0.15) is 13.2 Å². The molecule has 0 fully saturated rings. The van der Waals surface area contributed by atoms with Gasteiger partial charge < -0.3 is 0 Å². The normalized spacial score (nSPS) is 17.1. The largest absolute Gasteiger partial charge is 0.391 e. The van der Waals surface area contributed by atoms with Crippen LogP contribution in [0.2, 0.25) is 0 Å². The molecule has 2 atom stereocenters. The lowest BCUT2D eigenvalue weighted by Gasteiger charge is -2.19. The third-order valence-electron chi connectivity index (χ3n) is 2.66. The Balaban J connectivity index is 3.86. The van der Waals surface area contributed by atoms with Crippen molar-refractivity contribution in [2.24, 2.45) is 11.8 Å². The second-order valence-electron chi connectivity index (χ2n) is 3.74. The minimum absolute atomic E-state index is 0.208. The van der Waals surface area contributed by atoms with Gasteiger partial charge in [-0.3, -0.25) is 0 Å². The van der Waals surface area contributed by atoms with Crippen LogP contribution < -0.4 is 0 Å². The maximum absolute atomic E-state index is 12.3. The lowest BCUT2D eigenvalue weighted by Crippen LogP contribution is -2.22. The molecule has 13 heavy (non-hydrogen) atoms. The van der Waals surface area contributed by atoms with Crippen LogP contribution >= 0.6 is 0 Å². The molecule has 3 heteroatoms. The summed E-state index contributed by atoms with van der Waals surface area (Å²) < 4.78 is 36.8. The maximum atomic E-state index is 12.3. The second kappa shape index (κ2) is 5.51. The van der Waals surface area contributed by atoms with E-state index in [-0.39, 0.29) is 12.8 Å². The van der Waals surface area contributed by atoms with E-state index >= 15 is 0 Å². The van der Waals surface area contributed by atoms with Gasteiger partial charge in [0.2, 0.25) is 0 Å². The molecule has 0 heterocycles. The van der Waals surface area contributed by atoms with E-state index in [9.17, 15) is 13.2 Å². The van der Waals surface area contributed by atoms with Gasteiger partial charge in [0.1, 0.15) is 0 Å². The Labute approximate surface area is 78.5 Å². The molecule has 0 amide bonds. The van der Waals surface area contributed by atoms with Gasteiger partial charge in [-0.25, -0.2) is 0 Å². The third-order valence-corrected chi connectivity index (χ3v) is 2.66. The standard InChI is InChI=1S/C10H19F3/c1-4-8(3)6-7-9(5-2)10(11,12)13/h8-9H,4-7H2,1-3H3. The summed E-state index contributed by atoms with van der Waals surface area (Å²) in [5.74, 6) is -0.683. The Bertz CT molecular complexity index is 129. The van der Waals surface area contributed by atoms with Gasteiger partial charge in [0.25, 0.3) is 0 Å². The fraction of sp³-hybridized carbons (Fsp3) is 1.00. The first-order chi connectivity index (χ1) is 5.91. The van der Waals surface area contributed by atoms with Gasteiger partial charge in [-0.1, -0.05) is 33.6 Å². The predicted molar refractivity (Wildman–Crippen MR) is 48.5 cm³/mol. The number of hydrogen-bond donors (Lipinski definition) is 0. The SMILES string of the molecule is CCC(C)CCC(CC)C(F)(F)F. The lowest BCUT2D eigenvalue weighted by molar-refractivity contribution is -0.177. The number of rotatable bonds is 5. The molecular formula is C10H19F3. The van der Waals surface area contributed by atoms with E-state index in [4.69, 9.17) is 0 Å². The summed E-state index contributed by atoms with van der Waals surface area (Å²) in [6.45, 7) is 5.62. The molecule has 0 N–H and O–H groups in total. The second-order valence-corrected chi connectivity index (χ2v) is 3.74. The molecule has 2 unspecified atom stereocenters. The molecule has 0 aliphatic carbocycles. The highest BCUT2D eigenvalue weighted by Gasteiger charge is 2.37. The average molecular weight is 196 g/mol. The highest BCUT2D eigenvalue weighted by molar-refractivity contribution is 4.67. The van der Waals surface area contributed by atoms with Crippen LogP contribution in [0.3, 0.4) is 0 Å². The van der Waals surface area contributed by atoms with Crippen molar-refractivity contribution in [3.63, 3.8) is 0 Å². The molecule has 0 radical (unpaired) electrons. The summed E-state index contributed by atoms with van der Waals surface area (Å²) in [5, 5.41) is 0. The molecular weight excluding hydrogens is 177 g/mol. The van der Waals surface area contributed by atoms with Gasteiger partial charge in [0, 0.05) is 0 Å². The fourth-order valence-electron chi connectivity index (χ4n) is 1.29. The maximum Gasteiger partial charge on any atom is 0.391 e. The molecule has 0 saturated heterocycles. The zero-order valence-electron chi connectivity index (χ0n) is 8.62. The summed E-state index contributed by atoms with van der Waals surface area (Å²) in [5.41, 5.74) is 0. The van der Waals surface area contributed by atoms with E-state index in [0.29, 0.717) is 12.3 Å². The average Bonchev–Trinajstić information content (AvgIpc) is 2.02. The van der Waals surface area contributed by atoms with E-state index in [0.717, 1.165) is 6.42 Å². The first-order valence-corrected chi connectivity index (χ1v) is 4.98. The predicted octanol–water partition coefficient (Wildman–Crippen LogP) is 4.40. The zero-order chi connectivity index (χ0) is 10.5. The molecule has 80 valence electrons. The molecule has 0 saturated carbocycles. The van der Waals surface area contributed by atoms with E-state index in [2.05, 4.69) is 0 Å². The third kappa shape index (κ3) is 5.17. The van der Waals surface area contributed by atoms with Crippen LogP contribution in [0.25, 0.3) is 0 Å². The zero-order valence-corrected chi connectivity index (χ0v) is 8.62. The van der Waals surface area contributed by atoms with Gasteiger partial charge in [0.15, 0.2) is 0 Å². The van der Waals surface area contributed by atoms with Gasteiger partial charge >= 0.3 is 6.18 Å². The molecule has 0 nitrogen and oxygen atoms in total. The Morgan fingerprint density at radius 2 is 1.54 bits per heavy atom. The van der Waals surface area contributed by atoms with Crippen molar-refractivity contribution < 1.29 is 13.2 Å². The van der Waals surface area contributed by atoms with Crippen molar-refractivity contribution >= 4 is 0 Å². The minimum atomic E-state index is -4.00.